The van der Waals surface area contributed by atoms with Gasteiger partial charge in [0.1, 0.15) is 0 Å². The maximum absolute atomic E-state index is 11.1. The Hall–Kier alpha value is -1.31. The summed E-state index contributed by atoms with van der Waals surface area (Å²) in [6, 6.07) is 4.34. The van der Waals surface area contributed by atoms with Gasteiger partial charge in [0, 0.05) is 6.54 Å². The Bertz CT molecular complexity index is 500. The molecule has 0 bridgehead atoms. The molecule has 0 unspecified atom stereocenters. The molecule has 1 aromatic carbocycles. The average molecular weight is 273 g/mol. The number of benzene rings is 1. The van der Waals surface area contributed by atoms with E-state index in [0.29, 0.717) is 24.5 Å². The number of sulfonamides is 1. The van der Waals surface area contributed by atoms with Gasteiger partial charge in [-0.05, 0) is 32.0 Å². The van der Waals surface area contributed by atoms with Gasteiger partial charge in [-0.25, -0.2) is 13.6 Å². The van der Waals surface area contributed by atoms with Gasteiger partial charge >= 0.3 is 0 Å². The zero-order valence-electron chi connectivity index (χ0n) is 10.5. The van der Waals surface area contributed by atoms with Gasteiger partial charge in [0.15, 0.2) is 0 Å². The minimum Gasteiger partial charge on any atom is -0.397 e. The Morgan fingerprint density at radius 1 is 1.39 bits per heavy atom. The maximum atomic E-state index is 11.1. The summed E-state index contributed by atoms with van der Waals surface area (Å²) >= 11 is 0. The molecule has 5 N–H and O–H groups in total. The van der Waals surface area contributed by atoms with Crippen LogP contribution in [0.4, 0.5) is 11.4 Å². The van der Waals surface area contributed by atoms with Crippen LogP contribution in [0.15, 0.2) is 23.1 Å². The van der Waals surface area contributed by atoms with E-state index in [2.05, 4.69) is 5.32 Å². The topological polar surface area (TPSA) is 107 Å². The third kappa shape index (κ3) is 4.52. The number of hydrogen-bond donors (Lipinski definition) is 3. The molecule has 18 heavy (non-hydrogen) atoms. The van der Waals surface area contributed by atoms with E-state index in [1.54, 1.807) is 6.07 Å². The molecule has 0 amide bonds. The number of anilines is 2. The fourth-order valence-corrected chi connectivity index (χ4v) is 1.91. The standard InChI is InChI=1S/C11H19N3O3S/c1-8(2)17-6-5-14-11-4-3-9(7-10(11)12)18(13,15)16/h3-4,7-8,14H,5-6,12H2,1-2H3,(H2,13,15,16). The first kappa shape index (κ1) is 14.7. The SMILES string of the molecule is CC(C)OCCNc1ccc(S(N)(=O)=O)cc1N. The number of hydrogen-bond acceptors (Lipinski definition) is 5. The van der Waals surface area contributed by atoms with Gasteiger partial charge in [-0.1, -0.05) is 0 Å². The fraction of sp³-hybridized carbons (Fsp3) is 0.455. The smallest absolute Gasteiger partial charge is 0.238 e. The highest BCUT2D eigenvalue weighted by atomic mass is 32.2. The number of nitrogen functional groups attached to an aromatic ring is 1. The highest BCUT2D eigenvalue weighted by Gasteiger charge is 2.09. The number of ether oxygens (including phenoxy) is 1. The van der Waals surface area contributed by atoms with Gasteiger partial charge in [0.05, 0.1) is 29.0 Å². The van der Waals surface area contributed by atoms with Crippen LogP contribution >= 0.6 is 0 Å². The van der Waals surface area contributed by atoms with Crippen LogP contribution in [-0.4, -0.2) is 27.7 Å². The lowest BCUT2D eigenvalue weighted by Crippen LogP contribution is -2.15. The summed E-state index contributed by atoms with van der Waals surface area (Å²) < 4.78 is 27.6. The Labute approximate surface area is 107 Å². The molecule has 0 saturated carbocycles. The van der Waals surface area contributed by atoms with Crippen LogP contribution < -0.4 is 16.2 Å². The second-order valence-electron chi connectivity index (χ2n) is 4.14. The second kappa shape index (κ2) is 6.03. The van der Waals surface area contributed by atoms with Crippen molar-refractivity contribution in [3.05, 3.63) is 18.2 Å². The highest BCUT2D eigenvalue weighted by molar-refractivity contribution is 7.89. The van der Waals surface area contributed by atoms with Crippen molar-refractivity contribution in [3.8, 4) is 0 Å². The van der Waals surface area contributed by atoms with Crippen molar-refractivity contribution in [2.45, 2.75) is 24.8 Å². The van der Waals surface area contributed by atoms with Crippen LogP contribution in [0.25, 0.3) is 0 Å². The number of nitrogens with one attached hydrogen (secondary N) is 1. The molecule has 0 aliphatic carbocycles. The number of nitrogens with two attached hydrogens (primary N) is 2. The largest absolute Gasteiger partial charge is 0.397 e. The molecular weight excluding hydrogens is 254 g/mol. The van der Waals surface area contributed by atoms with Gasteiger partial charge in [-0.2, -0.15) is 0 Å². The number of primary sulfonamides is 1. The summed E-state index contributed by atoms with van der Waals surface area (Å²) in [7, 11) is -3.71. The zero-order valence-corrected chi connectivity index (χ0v) is 11.3. The predicted octanol–water partition coefficient (Wildman–Crippen LogP) is 0.753. The minimum atomic E-state index is -3.71. The first-order valence-corrected chi connectivity index (χ1v) is 7.13. The first-order valence-electron chi connectivity index (χ1n) is 5.58. The highest BCUT2D eigenvalue weighted by Crippen LogP contribution is 2.21. The summed E-state index contributed by atoms with van der Waals surface area (Å²) in [5.74, 6) is 0. The van der Waals surface area contributed by atoms with E-state index in [4.69, 9.17) is 15.6 Å². The summed E-state index contributed by atoms with van der Waals surface area (Å²) in [4.78, 5) is 0.00369. The lowest BCUT2D eigenvalue weighted by Gasteiger charge is -2.12. The van der Waals surface area contributed by atoms with Crippen LogP contribution in [0, 0.1) is 0 Å². The van der Waals surface area contributed by atoms with E-state index < -0.39 is 10.0 Å². The van der Waals surface area contributed by atoms with Crippen LogP contribution in [0.5, 0.6) is 0 Å². The van der Waals surface area contributed by atoms with Crippen LogP contribution in [-0.2, 0) is 14.8 Å². The Kier molecular flexibility index (Phi) is 4.94. The lowest BCUT2D eigenvalue weighted by molar-refractivity contribution is 0.0870. The molecule has 1 rings (SSSR count). The van der Waals surface area contributed by atoms with Crippen LogP contribution in [0.3, 0.4) is 0 Å². The lowest BCUT2D eigenvalue weighted by atomic mass is 10.2. The third-order valence-electron chi connectivity index (χ3n) is 2.22. The summed E-state index contributed by atoms with van der Waals surface area (Å²) in [6.07, 6.45) is 0.175. The van der Waals surface area contributed by atoms with Gasteiger partial charge in [0.2, 0.25) is 10.0 Å². The molecule has 7 heteroatoms. The monoisotopic (exact) mass is 273 g/mol. The van der Waals surface area contributed by atoms with E-state index >= 15 is 0 Å². The first-order chi connectivity index (χ1) is 8.30. The molecule has 0 aliphatic heterocycles. The van der Waals surface area contributed by atoms with Gasteiger partial charge in [-0.3, -0.25) is 0 Å². The van der Waals surface area contributed by atoms with E-state index in [9.17, 15) is 8.42 Å². The molecular formula is C11H19N3O3S. The molecule has 1 aromatic rings. The van der Waals surface area contributed by atoms with E-state index in [1.165, 1.54) is 12.1 Å². The van der Waals surface area contributed by atoms with Crippen molar-refractivity contribution in [3.63, 3.8) is 0 Å². The Morgan fingerprint density at radius 3 is 2.56 bits per heavy atom. The number of rotatable bonds is 6. The van der Waals surface area contributed by atoms with Crippen molar-refractivity contribution >= 4 is 21.4 Å². The summed E-state index contributed by atoms with van der Waals surface area (Å²) in [6.45, 7) is 5.05. The Morgan fingerprint density at radius 2 is 2.06 bits per heavy atom. The quantitative estimate of drug-likeness (QED) is 0.523. The van der Waals surface area contributed by atoms with E-state index in [0.717, 1.165) is 0 Å². The molecule has 0 heterocycles. The summed E-state index contributed by atoms with van der Waals surface area (Å²) in [5.41, 5.74) is 6.74. The molecule has 0 aromatic heterocycles. The normalized spacial score (nSPS) is 11.8. The Balaban J connectivity index is 2.64. The molecule has 6 nitrogen and oxygen atoms in total. The van der Waals surface area contributed by atoms with Crippen LogP contribution in [0.1, 0.15) is 13.8 Å². The zero-order chi connectivity index (χ0) is 13.8. The molecule has 0 aliphatic rings. The fourth-order valence-electron chi connectivity index (χ4n) is 1.36. The van der Waals surface area contributed by atoms with E-state index in [1.807, 2.05) is 13.8 Å². The maximum Gasteiger partial charge on any atom is 0.238 e. The van der Waals surface area contributed by atoms with Crippen molar-refractivity contribution in [1.29, 1.82) is 0 Å². The molecule has 0 spiro atoms. The molecule has 0 saturated heterocycles. The van der Waals surface area contributed by atoms with Gasteiger partial charge < -0.3 is 15.8 Å². The van der Waals surface area contributed by atoms with Crippen molar-refractivity contribution in [2.24, 2.45) is 5.14 Å². The average Bonchev–Trinajstić information content (AvgIpc) is 2.24. The third-order valence-corrected chi connectivity index (χ3v) is 3.13. The van der Waals surface area contributed by atoms with Gasteiger partial charge in [-0.15, -0.1) is 0 Å². The molecule has 0 fully saturated rings. The summed E-state index contributed by atoms with van der Waals surface area (Å²) in [5, 5.41) is 8.07. The predicted molar refractivity (Wildman–Crippen MR) is 71.8 cm³/mol. The van der Waals surface area contributed by atoms with Crippen molar-refractivity contribution in [1.82, 2.24) is 0 Å². The minimum absolute atomic E-state index is 0.00369. The van der Waals surface area contributed by atoms with Crippen molar-refractivity contribution in [2.75, 3.05) is 24.2 Å². The molecule has 102 valence electrons. The van der Waals surface area contributed by atoms with Gasteiger partial charge in [0.25, 0.3) is 0 Å². The van der Waals surface area contributed by atoms with Crippen LogP contribution in [0.2, 0.25) is 0 Å². The van der Waals surface area contributed by atoms with E-state index in [-0.39, 0.29) is 11.0 Å². The molecule has 0 radical (unpaired) electrons. The molecule has 0 atom stereocenters. The van der Waals surface area contributed by atoms with Crippen molar-refractivity contribution < 1.29 is 13.2 Å². The second-order valence-corrected chi connectivity index (χ2v) is 5.70.